The molecule has 0 radical (unpaired) electrons. The van der Waals surface area contributed by atoms with E-state index in [0.29, 0.717) is 28.5 Å². The maximum atomic E-state index is 12.7. The number of pyridine rings is 1. The number of rotatable bonds is 7. The molecular formula is C23H20F2N2O5. The van der Waals surface area contributed by atoms with Gasteiger partial charge in [-0.15, -0.1) is 0 Å². The van der Waals surface area contributed by atoms with E-state index in [1.165, 1.54) is 24.3 Å². The third-order valence-electron chi connectivity index (χ3n) is 4.70. The van der Waals surface area contributed by atoms with Crippen LogP contribution in [0.2, 0.25) is 0 Å². The van der Waals surface area contributed by atoms with Crippen LogP contribution < -0.4 is 10.1 Å². The molecule has 3 rings (SSSR count). The van der Waals surface area contributed by atoms with E-state index >= 15 is 0 Å². The van der Waals surface area contributed by atoms with Crippen molar-refractivity contribution in [2.24, 2.45) is 0 Å². The molecule has 166 valence electrons. The SMILES string of the molecule is CCc1nc2ccccc2c(C(=O)OCC(=O)NC(=O)c2ccc(OC(F)F)cc2)c1C. The van der Waals surface area contributed by atoms with Gasteiger partial charge in [0, 0.05) is 16.6 Å². The first kappa shape index (κ1) is 22.8. The normalized spacial score (nSPS) is 10.8. The topological polar surface area (TPSA) is 94.6 Å². The van der Waals surface area contributed by atoms with Crippen molar-refractivity contribution in [3.63, 3.8) is 0 Å². The zero-order chi connectivity index (χ0) is 23.3. The van der Waals surface area contributed by atoms with Gasteiger partial charge in [-0.1, -0.05) is 25.1 Å². The Hall–Kier alpha value is -3.88. The van der Waals surface area contributed by atoms with Crippen LogP contribution >= 0.6 is 0 Å². The minimum Gasteiger partial charge on any atom is -0.452 e. The molecule has 2 amide bonds. The minimum atomic E-state index is -2.99. The van der Waals surface area contributed by atoms with Crippen LogP contribution in [0.25, 0.3) is 10.9 Å². The Bertz CT molecular complexity index is 1160. The molecule has 0 aliphatic carbocycles. The van der Waals surface area contributed by atoms with Crippen LogP contribution in [0.1, 0.15) is 38.9 Å². The van der Waals surface area contributed by atoms with Crippen molar-refractivity contribution in [2.75, 3.05) is 6.61 Å². The molecule has 0 unspecified atom stereocenters. The number of amides is 2. The number of aromatic nitrogens is 1. The highest BCUT2D eigenvalue weighted by Crippen LogP contribution is 2.24. The predicted octanol–water partition coefficient (Wildman–Crippen LogP) is 3.82. The molecule has 1 aromatic heterocycles. The fraction of sp³-hybridized carbons (Fsp3) is 0.217. The molecule has 0 saturated heterocycles. The minimum absolute atomic E-state index is 0.0508. The van der Waals surface area contributed by atoms with E-state index in [9.17, 15) is 23.2 Å². The molecule has 9 heteroatoms. The van der Waals surface area contributed by atoms with Gasteiger partial charge in [-0.05, 0) is 49.2 Å². The molecule has 0 aliphatic rings. The maximum Gasteiger partial charge on any atom is 0.387 e. The van der Waals surface area contributed by atoms with E-state index in [4.69, 9.17) is 4.74 Å². The number of para-hydroxylation sites is 1. The number of ether oxygens (including phenoxy) is 2. The number of fused-ring (bicyclic) bond motifs is 1. The second-order valence-electron chi connectivity index (χ2n) is 6.79. The average Bonchev–Trinajstić information content (AvgIpc) is 2.77. The van der Waals surface area contributed by atoms with Gasteiger partial charge in [-0.3, -0.25) is 19.9 Å². The second kappa shape index (κ2) is 9.95. The van der Waals surface area contributed by atoms with Crippen LogP contribution in [0, 0.1) is 6.92 Å². The van der Waals surface area contributed by atoms with Crippen LogP contribution in [0.4, 0.5) is 8.78 Å². The highest BCUT2D eigenvalue weighted by molar-refractivity contribution is 6.07. The lowest BCUT2D eigenvalue weighted by Gasteiger charge is -2.13. The molecule has 32 heavy (non-hydrogen) atoms. The number of imide groups is 1. The fourth-order valence-electron chi connectivity index (χ4n) is 3.19. The van der Waals surface area contributed by atoms with E-state index in [1.54, 1.807) is 25.1 Å². The molecule has 0 saturated carbocycles. The number of benzene rings is 2. The highest BCUT2D eigenvalue weighted by atomic mass is 19.3. The fourth-order valence-corrected chi connectivity index (χ4v) is 3.19. The molecule has 0 aliphatic heterocycles. The Morgan fingerprint density at radius 1 is 1.06 bits per heavy atom. The molecular weight excluding hydrogens is 422 g/mol. The summed E-state index contributed by atoms with van der Waals surface area (Å²) in [7, 11) is 0. The van der Waals surface area contributed by atoms with Gasteiger partial charge < -0.3 is 9.47 Å². The summed E-state index contributed by atoms with van der Waals surface area (Å²) in [4.78, 5) is 41.5. The smallest absolute Gasteiger partial charge is 0.387 e. The van der Waals surface area contributed by atoms with Gasteiger partial charge >= 0.3 is 12.6 Å². The summed E-state index contributed by atoms with van der Waals surface area (Å²) in [6.07, 6.45) is 0.618. The van der Waals surface area contributed by atoms with Gasteiger partial charge in [-0.2, -0.15) is 8.78 Å². The van der Waals surface area contributed by atoms with Gasteiger partial charge in [-0.25, -0.2) is 4.79 Å². The van der Waals surface area contributed by atoms with Crippen molar-refractivity contribution in [1.29, 1.82) is 0 Å². The Morgan fingerprint density at radius 2 is 1.75 bits per heavy atom. The van der Waals surface area contributed by atoms with Gasteiger partial charge in [0.2, 0.25) is 0 Å². The number of nitrogens with one attached hydrogen (secondary N) is 1. The molecule has 2 aromatic carbocycles. The first-order valence-electron chi connectivity index (χ1n) is 9.74. The number of esters is 1. The van der Waals surface area contributed by atoms with E-state index in [-0.39, 0.29) is 11.3 Å². The lowest BCUT2D eigenvalue weighted by Crippen LogP contribution is -2.34. The molecule has 1 heterocycles. The van der Waals surface area contributed by atoms with Gasteiger partial charge in [0.1, 0.15) is 5.75 Å². The highest BCUT2D eigenvalue weighted by Gasteiger charge is 2.20. The summed E-state index contributed by atoms with van der Waals surface area (Å²) in [5, 5.41) is 2.69. The number of hydrogen-bond donors (Lipinski definition) is 1. The quantitative estimate of drug-likeness (QED) is 0.559. The Morgan fingerprint density at radius 3 is 2.41 bits per heavy atom. The molecule has 0 spiro atoms. The summed E-state index contributed by atoms with van der Waals surface area (Å²) in [6.45, 7) is 0.0273. The molecule has 0 atom stereocenters. The molecule has 0 bridgehead atoms. The van der Waals surface area contributed by atoms with Crippen molar-refractivity contribution in [3.8, 4) is 5.75 Å². The molecule has 1 N–H and O–H groups in total. The zero-order valence-corrected chi connectivity index (χ0v) is 17.4. The summed E-state index contributed by atoms with van der Waals surface area (Å²) >= 11 is 0. The third kappa shape index (κ3) is 5.23. The van der Waals surface area contributed by atoms with E-state index in [1.807, 2.05) is 13.0 Å². The Balaban J connectivity index is 1.66. The van der Waals surface area contributed by atoms with E-state index in [0.717, 1.165) is 5.69 Å². The number of nitrogens with zero attached hydrogens (tertiary/aromatic N) is 1. The number of aryl methyl sites for hydroxylation is 1. The standard InChI is InChI=1S/C23H20F2N2O5/c1-3-17-13(2)20(16-6-4-5-7-18(16)26-17)22(30)31-12-19(28)27-21(29)14-8-10-15(11-9-14)32-23(24)25/h4-11,23H,3,12H2,1-2H3,(H,27,28,29). The van der Waals surface area contributed by atoms with Crippen molar-refractivity contribution in [2.45, 2.75) is 26.9 Å². The molecule has 0 fully saturated rings. The molecule has 7 nitrogen and oxygen atoms in total. The van der Waals surface area contributed by atoms with Crippen LogP contribution in [0.3, 0.4) is 0 Å². The first-order valence-corrected chi connectivity index (χ1v) is 9.74. The van der Waals surface area contributed by atoms with Crippen LogP contribution in [-0.2, 0) is 16.0 Å². The van der Waals surface area contributed by atoms with E-state index < -0.39 is 31.0 Å². The summed E-state index contributed by atoms with van der Waals surface area (Å²) in [5.41, 5.74) is 2.42. The lowest BCUT2D eigenvalue weighted by molar-refractivity contribution is -0.123. The molecule has 3 aromatic rings. The first-order chi connectivity index (χ1) is 15.3. The monoisotopic (exact) mass is 442 g/mol. The number of carbonyl (C=O) groups excluding carboxylic acids is 3. The summed E-state index contributed by atoms with van der Waals surface area (Å²) < 4.78 is 33.7. The summed E-state index contributed by atoms with van der Waals surface area (Å²) in [5.74, 6) is -2.42. The van der Waals surface area contributed by atoms with Gasteiger partial charge in [0.25, 0.3) is 11.8 Å². The van der Waals surface area contributed by atoms with E-state index in [2.05, 4.69) is 15.0 Å². The van der Waals surface area contributed by atoms with Gasteiger partial charge in [0.05, 0.1) is 11.1 Å². The average molecular weight is 442 g/mol. The van der Waals surface area contributed by atoms with Crippen molar-refractivity contribution < 1.29 is 32.6 Å². The van der Waals surface area contributed by atoms with Crippen LogP contribution in [0.5, 0.6) is 5.75 Å². The van der Waals surface area contributed by atoms with Crippen molar-refractivity contribution in [1.82, 2.24) is 10.3 Å². The number of alkyl halides is 2. The Labute approximate surface area is 182 Å². The Kier molecular flexibility index (Phi) is 7.09. The number of halogens is 2. The number of hydrogen-bond acceptors (Lipinski definition) is 6. The lowest BCUT2D eigenvalue weighted by atomic mass is 10.0. The van der Waals surface area contributed by atoms with Crippen LogP contribution in [-0.4, -0.2) is 36.0 Å². The maximum absolute atomic E-state index is 12.7. The van der Waals surface area contributed by atoms with Crippen molar-refractivity contribution in [3.05, 3.63) is 70.9 Å². The second-order valence-corrected chi connectivity index (χ2v) is 6.79. The van der Waals surface area contributed by atoms with Crippen LogP contribution in [0.15, 0.2) is 48.5 Å². The summed E-state index contributed by atoms with van der Waals surface area (Å²) in [6, 6.07) is 11.9. The van der Waals surface area contributed by atoms with Gasteiger partial charge in [0.15, 0.2) is 6.61 Å². The largest absolute Gasteiger partial charge is 0.452 e. The zero-order valence-electron chi connectivity index (χ0n) is 17.4. The predicted molar refractivity (Wildman–Crippen MR) is 112 cm³/mol. The number of carbonyl (C=O) groups is 3. The third-order valence-corrected chi connectivity index (χ3v) is 4.70. The van der Waals surface area contributed by atoms with Crippen molar-refractivity contribution >= 4 is 28.7 Å².